The van der Waals surface area contributed by atoms with Crippen LogP contribution >= 0.6 is 11.8 Å². The third-order valence-electron chi connectivity index (χ3n) is 2.99. The lowest BCUT2D eigenvalue weighted by Crippen LogP contribution is -2.12. The number of ether oxygens (including phenoxy) is 1. The number of nitrogens with two attached hydrogens (primary N) is 1. The van der Waals surface area contributed by atoms with Gasteiger partial charge in [-0.25, -0.2) is 0 Å². The highest BCUT2D eigenvalue weighted by molar-refractivity contribution is 7.99. The van der Waals surface area contributed by atoms with Gasteiger partial charge >= 0.3 is 0 Å². The number of methoxy groups -OCH3 is 1. The molecule has 19 heavy (non-hydrogen) atoms. The fourth-order valence-corrected chi connectivity index (χ4v) is 2.66. The molecular weight excluding hydrogens is 254 g/mol. The van der Waals surface area contributed by atoms with E-state index in [1.54, 1.807) is 18.9 Å². The Morgan fingerprint density at radius 3 is 2.26 bits per heavy atom. The molecule has 0 saturated heterocycles. The van der Waals surface area contributed by atoms with Gasteiger partial charge in [-0.2, -0.15) is 0 Å². The SMILES string of the molecule is COc1ccc(SCC(N)c2ccc(C)cc2)cc1. The molecule has 0 amide bonds. The van der Waals surface area contributed by atoms with E-state index < -0.39 is 0 Å². The zero-order valence-corrected chi connectivity index (χ0v) is 12.1. The lowest BCUT2D eigenvalue weighted by atomic mass is 10.1. The van der Waals surface area contributed by atoms with E-state index in [2.05, 4.69) is 43.3 Å². The monoisotopic (exact) mass is 273 g/mol. The molecule has 1 unspecified atom stereocenters. The van der Waals surface area contributed by atoms with Crippen LogP contribution < -0.4 is 10.5 Å². The van der Waals surface area contributed by atoms with Crippen molar-refractivity contribution in [3.05, 3.63) is 59.7 Å². The molecule has 0 saturated carbocycles. The maximum absolute atomic E-state index is 6.20. The molecule has 2 nitrogen and oxygen atoms in total. The molecule has 0 aliphatic heterocycles. The number of aryl methyl sites for hydroxylation is 1. The number of thioether (sulfide) groups is 1. The molecule has 0 radical (unpaired) electrons. The number of hydrogen-bond donors (Lipinski definition) is 1. The van der Waals surface area contributed by atoms with Gasteiger partial charge in [0.15, 0.2) is 0 Å². The summed E-state index contributed by atoms with van der Waals surface area (Å²) in [6.07, 6.45) is 0. The Morgan fingerprint density at radius 2 is 1.68 bits per heavy atom. The van der Waals surface area contributed by atoms with Crippen LogP contribution in [0.3, 0.4) is 0 Å². The van der Waals surface area contributed by atoms with Crippen LogP contribution in [-0.4, -0.2) is 12.9 Å². The first-order chi connectivity index (χ1) is 9.19. The average Bonchev–Trinajstić information content (AvgIpc) is 2.46. The van der Waals surface area contributed by atoms with Crippen LogP contribution in [0.5, 0.6) is 5.75 Å². The van der Waals surface area contributed by atoms with Crippen LogP contribution in [0.4, 0.5) is 0 Å². The van der Waals surface area contributed by atoms with Crippen molar-refractivity contribution in [1.29, 1.82) is 0 Å². The van der Waals surface area contributed by atoms with E-state index in [1.807, 2.05) is 12.1 Å². The largest absolute Gasteiger partial charge is 0.497 e. The maximum Gasteiger partial charge on any atom is 0.118 e. The molecule has 0 spiro atoms. The number of rotatable bonds is 5. The zero-order valence-electron chi connectivity index (χ0n) is 11.3. The summed E-state index contributed by atoms with van der Waals surface area (Å²) in [6, 6.07) is 16.5. The standard InChI is InChI=1S/C16H19NOS/c1-12-3-5-13(6-4-12)16(17)11-19-15-9-7-14(18-2)8-10-15/h3-10,16H,11,17H2,1-2H3. The third-order valence-corrected chi connectivity index (χ3v) is 4.13. The molecule has 0 aliphatic rings. The Kier molecular flexibility index (Phi) is 4.88. The Hall–Kier alpha value is -1.45. The minimum atomic E-state index is 0.0627. The van der Waals surface area contributed by atoms with E-state index in [0.717, 1.165) is 11.5 Å². The van der Waals surface area contributed by atoms with Gasteiger partial charge in [0.2, 0.25) is 0 Å². The summed E-state index contributed by atoms with van der Waals surface area (Å²) in [5.41, 5.74) is 8.65. The smallest absolute Gasteiger partial charge is 0.118 e. The second kappa shape index (κ2) is 6.64. The first kappa shape index (κ1) is 14.0. The van der Waals surface area contributed by atoms with Crippen LogP contribution in [-0.2, 0) is 0 Å². The van der Waals surface area contributed by atoms with Crippen molar-refractivity contribution in [3.8, 4) is 5.75 Å². The first-order valence-corrected chi connectivity index (χ1v) is 7.26. The van der Waals surface area contributed by atoms with Gasteiger partial charge in [-0.15, -0.1) is 11.8 Å². The van der Waals surface area contributed by atoms with E-state index >= 15 is 0 Å². The third kappa shape index (κ3) is 4.01. The molecule has 3 heteroatoms. The molecule has 2 aromatic rings. The Bertz CT molecular complexity index is 507. The molecule has 0 aliphatic carbocycles. The molecule has 1 atom stereocenters. The minimum absolute atomic E-state index is 0.0627. The van der Waals surface area contributed by atoms with Crippen LogP contribution in [0.1, 0.15) is 17.2 Å². The van der Waals surface area contributed by atoms with E-state index in [-0.39, 0.29) is 6.04 Å². The van der Waals surface area contributed by atoms with Crippen molar-refractivity contribution in [3.63, 3.8) is 0 Å². The minimum Gasteiger partial charge on any atom is -0.497 e. The summed E-state index contributed by atoms with van der Waals surface area (Å²) in [4.78, 5) is 1.21. The summed E-state index contributed by atoms with van der Waals surface area (Å²) >= 11 is 1.77. The first-order valence-electron chi connectivity index (χ1n) is 6.28. The summed E-state index contributed by atoms with van der Waals surface area (Å²) < 4.78 is 5.14. The van der Waals surface area contributed by atoms with Gasteiger partial charge in [0.05, 0.1) is 7.11 Å². The van der Waals surface area contributed by atoms with Crippen molar-refractivity contribution >= 4 is 11.8 Å². The van der Waals surface area contributed by atoms with E-state index in [1.165, 1.54) is 16.0 Å². The van der Waals surface area contributed by atoms with Crippen LogP contribution in [0.25, 0.3) is 0 Å². The zero-order chi connectivity index (χ0) is 13.7. The van der Waals surface area contributed by atoms with Gasteiger partial charge in [-0.1, -0.05) is 29.8 Å². The fraction of sp³-hybridized carbons (Fsp3) is 0.250. The Morgan fingerprint density at radius 1 is 1.05 bits per heavy atom. The number of benzene rings is 2. The van der Waals surface area contributed by atoms with Crippen LogP contribution in [0.15, 0.2) is 53.4 Å². The molecule has 0 bridgehead atoms. The summed E-state index contributed by atoms with van der Waals surface area (Å²) in [5, 5.41) is 0. The lowest BCUT2D eigenvalue weighted by molar-refractivity contribution is 0.414. The topological polar surface area (TPSA) is 35.2 Å². The van der Waals surface area contributed by atoms with Gasteiger partial charge < -0.3 is 10.5 Å². The van der Waals surface area contributed by atoms with E-state index in [4.69, 9.17) is 10.5 Å². The summed E-state index contributed by atoms with van der Waals surface area (Å²) in [6.45, 7) is 2.08. The molecule has 0 heterocycles. The van der Waals surface area contributed by atoms with E-state index in [0.29, 0.717) is 0 Å². The highest BCUT2D eigenvalue weighted by Gasteiger charge is 2.06. The lowest BCUT2D eigenvalue weighted by Gasteiger charge is -2.12. The van der Waals surface area contributed by atoms with Crippen LogP contribution in [0, 0.1) is 6.92 Å². The van der Waals surface area contributed by atoms with Crippen molar-refractivity contribution in [1.82, 2.24) is 0 Å². The van der Waals surface area contributed by atoms with Crippen molar-refractivity contribution < 1.29 is 4.74 Å². The van der Waals surface area contributed by atoms with Crippen LogP contribution in [0.2, 0.25) is 0 Å². The Labute approximate surface area is 119 Å². The summed E-state index contributed by atoms with van der Waals surface area (Å²) in [5.74, 6) is 1.75. The highest BCUT2D eigenvalue weighted by Crippen LogP contribution is 2.25. The van der Waals surface area contributed by atoms with Crippen molar-refractivity contribution in [2.45, 2.75) is 17.9 Å². The molecular formula is C16H19NOS. The summed E-state index contributed by atoms with van der Waals surface area (Å²) in [7, 11) is 1.68. The molecule has 0 aromatic heterocycles. The predicted molar refractivity (Wildman–Crippen MR) is 81.8 cm³/mol. The predicted octanol–water partition coefficient (Wildman–Crippen LogP) is 3.80. The van der Waals surface area contributed by atoms with Gasteiger partial charge in [0.1, 0.15) is 5.75 Å². The maximum atomic E-state index is 6.20. The van der Waals surface area contributed by atoms with Crippen molar-refractivity contribution in [2.75, 3.05) is 12.9 Å². The second-order valence-corrected chi connectivity index (χ2v) is 5.60. The highest BCUT2D eigenvalue weighted by atomic mass is 32.2. The average molecular weight is 273 g/mol. The molecule has 100 valence electrons. The Balaban J connectivity index is 1.92. The van der Waals surface area contributed by atoms with Gasteiger partial charge in [0, 0.05) is 16.7 Å². The fourth-order valence-electron chi connectivity index (χ4n) is 1.77. The van der Waals surface area contributed by atoms with E-state index in [9.17, 15) is 0 Å². The van der Waals surface area contributed by atoms with Gasteiger partial charge in [-0.3, -0.25) is 0 Å². The molecule has 2 N–H and O–H groups in total. The molecule has 2 rings (SSSR count). The molecule has 2 aromatic carbocycles. The number of hydrogen-bond acceptors (Lipinski definition) is 3. The van der Waals surface area contributed by atoms with Gasteiger partial charge in [-0.05, 0) is 36.8 Å². The second-order valence-electron chi connectivity index (χ2n) is 4.50. The molecule has 0 fully saturated rings. The van der Waals surface area contributed by atoms with Crippen molar-refractivity contribution in [2.24, 2.45) is 5.73 Å². The van der Waals surface area contributed by atoms with Gasteiger partial charge in [0.25, 0.3) is 0 Å². The normalized spacial score (nSPS) is 12.2. The quantitative estimate of drug-likeness (QED) is 0.842.